The van der Waals surface area contributed by atoms with Crippen LogP contribution in [-0.2, 0) is 20.0 Å². The lowest BCUT2D eigenvalue weighted by Gasteiger charge is -2.17. The van der Waals surface area contributed by atoms with Crippen LogP contribution in [0.3, 0.4) is 0 Å². The summed E-state index contributed by atoms with van der Waals surface area (Å²) in [6.45, 7) is 2.42. The molecule has 0 N–H and O–H groups in total. The van der Waals surface area contributed by atoms with Crippen LogP contribution >= 0.6 is 0 Å². The highest BCUT2D eigenvalue weighted by Gasteiger charge is 2.18. The molecule has 0 aliphatic heterocycles. The van der Waals surface area contributed by atoms with Crippen molar-refractivity contribution in [3.63, 3.8) is 0 Å². The van der Waals surface area contributed by atoms with Gasteiger partial charge in [0.05, 0.1) is 18.1 Å². The highest BCUT2D eigenvalue weighted by Crippen LogP contribution is 2.27. The van der Waals surface area contributed by atoms with Crippen molar-refractivity contribution in [3.8, 4) is 11.4 Å². The van der Waals surface area contributed by atoms with Crippen LogP contribution in [-0.4, -0.2) is 42.0 Å². The monoisotopic (exact) mass is 350 g/mol. The van der Waals surface area contributed by atoms with Crippen molar-refractivity contribution >= 4 is 16.9 Å². The van der Waals surface area contributed by atoms with Crippen LogP contribution in [0.5, 0.6) is 0 Å². The van der Waals surface area contributed by atoms with Crippen LogP contribution in [0.15, 0.2) is 35.1 Å². The molecular formula is C17H18N8O. The summed E-state index contributed by atoms with van der Waals surface area (Å²) in [7, 11) is 3.79. The molecule has 26 heavy (non-hydrogen) atoms. The van der Waals surface area contributed by atoms with E-state index in [0.29, 0.717) is 30.6 Å². The van der Waals surface area contributed by atoms with E-state index in [1.807, 2.05) is 38.1 Å². The third-order valence-electron chi connectivity index (χ3n) is 4.04. The van der Waals surface area contributed by atoms with Gasteiger partial charge in [0, 0.05) is 38.5 Å². The van der Waals surface area contributed by atoms with Gasteiger partial charge in [0.25, 0.3) is 0 Å². The zero-order chi connectivity index (χ0) is 18.1. The molecule has 0 atom stereocenters. The maximum atomic E-state index is 5.62. The van der Waals surface area contributed by atoms with Gasteiger partial charge in [-0.1, -0.05) is 6.92 Å². The van der Waals surface area contributed by atoms with Gasteiger partial charge in [-0.05, 0) is 12.1 Å². The summed E-state index contributed by atoms with van der Waals surface area (Å²) < 4.78 is 7.35. The number of hydrogen-bond donors (Lipinski definition) is 0. The fraction of sp³-hybridized carbons (Fsp3) is 0.294. The molecule has 4 aromatic heterocycles. The number of aromatic nitrogens is 7. The maximum Gasteiger partial charge on any atom is 0.235 e. The second-order valence-corrected chi connectivity index (χ2v) is 5.92. The van der Waals surface area contributed by atoms with Crippen molar-refractivity contribution in [3.05, 3.63) is 42.5 Å². The molecule has 4 heterocycles. The van der Waals surface area contributed by atoms with E-state index in [-0.39, 0.29) is 0 Å². The van der Waals surface area contributed by atoms with Gasteiger partial charge in [-0.3, -0.25) is 9.67 Å². The van der Waals surface area contributed by atoms with Crippen molar-refractivity contribution < 1.29 is 4.42 Å². The van der Waals surface area contributed by atoms with E-state index in [2.05, 4.69) is 25.3 Å². The largest absolute Gasteiger partial charge is 0.423 e. The minimum absolute atomic E-state index is 0.445. The molecule has 0 fully saturated rings. The third-order valence-corrected chi connectivity index (χ3v) is 4.04. The van der Waals surface area contributed by atoms with E-state index < -0.39 is 0 Å². The Morgan fingerprint density at radius 3 is 2.73 bits per heavy atom. The van der Waals surface area contributed by atoms with Crippen molar-refractivity contribution in [2.24, 2.45) is 7.05 Å². The van der Waals surface area contributed by atoms with Gasteiger partial charge in [-0.2, -0.15) is 5.10 Å². The molecule has 0 amide bonds. The molecule has 4 aromatic rings. The summed E-state index contributed by atoms with van der Waals surface area (Å²) in [4.78, 5) is 15.5. The van der Waals surface area contributed by atoms with Crippen LogP contribution in [0.1, 0.15) is 18.7 Å². The highest BCUT2D eigenvalue weighted by molar-refractivity contribution is 5.88. The Hall–Kier alpha value is -3.36. The summed E-state index contributed by atoms with van der Waals surface area (Å²) in [6, 6.07) is 3.79. The van der Waals surface area contributed by atoms with Gasteiger partial charge in [-0.25, -0.2) is 9.97 Å². The number of rotatable bonds is 5. The lowest BCUT2D eigenvalue weighted by atomic mass is 10.2. The quantitative estimate of drug-likeness (QED) is 0.539. The molecule has 0 saturated carbocycles. The Morgan fingerprint density at radius 1 is 1.15 bits per heavy atom. The molecule has 0 aromatic carbocycles. The normalized spacial score (nSPS) is 11.2. The molecule has 4 rings (SSSR count). The summed E-state index contributed by atoms with van der Waals surface area (Å²) in [5.74, 6) is 2.51. The Balaban J connectivity index is 1.77. The van der Waals surface area contributed by atoms with Gasteiger partial charge in [0.2, 0.25) is 11.8 Å². The van der Waals surface area contributed by atoms with Crippen LogP contribution in [0.2, 0.25) is 0 Å². The predicted molar refractivity (Wildman–Crippen MR) is 95.3 cm³/mol. The summed E-state index contributed by atoms with van der Waals surface area (Å²) >= 11 is 0. The predicted octanol–water partition coefficient (Wildman–Crippen LogP) is 2.01. The minimum Gasteiger partial charge on any atom is -0.423 e. The first kappa shape index (κ1) is 16.1. The lowest BCUT2D eigenvalue weighted by molar-refractivity contribution is 0.452. The Labute approximate surface area is 149 Å². The van der Waals surface area contributed by atoms with E-state index in [1.165, 1.54) is 0 Å². The van der Waals surface area contributed by atoms with E-state index in [0.717, 1.165) is 22.4 Å². The van der Waals surface area contributed by atoms with Crippen molar-refractivity contribution in [2.45, 2.75) is 19.9 Å². The van der Waals surface area contributed by atoms with Crippen molar-refractivity contribution in [1.29, 1.82) is 0 Å². The first-order chi connectivity index (χ1) is 12.7. The zero-order valence-electron chi connectivity index (χ0n) is 14.8. The number of aryl methyl sites for hydroxylation is 2. The van der Waals surface area contributed by atoms with Crippen molar-refractivity contribution in [1.82, 2.24) is 34.9 Å². The first-order valence-electron chi connectivity index (χ1n) is 8.28. The highest BCUT2D eigenvalue weighted by atomic mass is 16.4. The van der Waals surface area contributed by atoms with Crippen LogP contribution in [0.4, 0.5) is 5.82 Å². The minimum atomic E-state index is 0.445. The average molecular weight is 350 g/mol. The summed E-state index contributed by atoms with van der Waals surface area (Å²) in [5, 5.41) is 13.3. The van der Waals surface area contributed by atoms with E-state index in [9.17, 15) is 0 Å². The average Bonchev–Trinajstić information content (AvgIpc) is 3.28. The second-order valence-electron chi connectivity index (χ2n) is 5.92. The van der Waals surface area contributed by atoms with Crippen LogP contribution in [0, 0.1) is 0 Å². The standard InChI is InChI=1S/C17H18N8O/c1-4-13-22-23-14(26-13)10-24(2)16-12-9-19-25(3)17(12)21-15(20-16)11-6-5-7-18-8-11/h5-9H,4,10H2,1-3H3. The molecule has 132 valence electrons. The van der Waals surface area contributed by atoms with E-state index >= 15 is 0 Å². The van der Waals surface area contributed by atoms with Gasteiger partial charge in [0.15, 0.2) is 11.5 Å². The molecule has 0 bridgehead atoms. The topological polar surface area (TPSA) is 98.6 Å². The Morgan fingerprint density at radius 2 is 2.00 bits per heavy atom. The summed E-state index contributed by atoms with van der Waals surface area (Å²) in [6.07, 6.45) is 5.94. The second kappa shape index (κ2) is 6.51. The number of hydrogen-bond acceptors (Lipinski definition) is 8. The van der Waals surface area contributed by atoms with Gasteiger partial charge in [-0.15, -0.1) is 10.2 Å². The molecule has 0 unspecified atom stereocenters. The Bertz CT molecular complexity index is 1040. The fourth-order valence-corrected chi connectivity index (χ4v) is 2.70. The third kappa shape index (κ3) is 2.87. The molecule has 0 radical (unpaired) electrons. The van der Waals surface area contributed by atoms with Gasteiger partial charge < -0.3 is 9.32 Å². The fourth-order valence-electron chi connectivity index (χ4n) is 2.70. The van der Waals surface area contributed by atoms with Crippen molar-refractivity contribution in [2.75, 3.05) is 11.9 Å². The molecule has 0 saturated heterocycles. The smallest absolute Gasteiger partial charge is 0.235 e. The number of pyridine rings is 1. The zero-order valence-corrected chi connectivity index (χ0v) is 14.8. The molecule has 0 aliphatic rings. The number of fused-ring (bicyclic) bond motifs is 1. The molecule has 9 nitrogen and oxygen atoms in total. The first-order valence-corrected chi connectivity index (χ1v) is 8.28. The molecule has 9 heteroatoms. The number of nitrogens with zero attached hydrogens (tertiary/aromatic N) is 8. The van der Waals surface area contributed by atoms with Gasteiger partial charge >= 0.3 is 0 Å². The lowest BCUT2D eigenvalue weighted by Crippen LogP contribution is -2.19. The summed E-state index contributed by atoms with van der Waals surface area (Å²) in [5.41, 5.74) is 1.59. The number of anilines is 1. The maximum absolute atomic E-state index is 5.62. The van der Waals surface area contributed by atoms with Gasteiger partial charge in [0.1, 0.15) is 5.82 Å². The Kier molecular flexibility index (Phi) is 4.04. The molecule has 0 spiro atoms. The van der Waals surface area contributed by atoms with Crippen LogP contribution in [0.25, 0.3) is 22.4 Å². The molecular weight excluding hydrogens is 332 g/mol. The SMILES string of the molecule is CCc1nnc(CN(C)c2nc(-c3cccnc3)nc3c2cnn3C)o1. The van der Waals surface area contributed by atoms with E-state index in [4.69, 9.17) is 9.40 Å². The van der Waals surface area contributed by atoms with E-state index in [1.54, 1.807) is 23.3 Å². The van der Waals surface area contributed by atoms with Crippen LogP contribution < -0.4 is 4.90 Å². The molecule has 0 aliphatic carbocycles.